The maximum Gasteiger partial charge on any atom is 0.243 e. The fourth-order valence-electron chi connectivity index (χ4n) is 2.00. The van der Waals surface area contributed by atoms with Gasteiger partial charge in [0.15, 0.2) is 0 Å². The molecule has 1 saturated heterocycles. The van der Waals surface area contributed by atoms with E-state index in [4.69, 9.17) is 0 Å². The van der Waals surface area contributed by atoms with Gasteiger partial charge in [-0.05, 0) is 31.5 Å². The molecule has 0 unspecified atom stereocenters. The maximum absolute atomic E-state index is 13.5. The summed E-state index contributed by atoms with van der Waals surface area (Å²) in [6.45, 7) is 4.99. The summed E-state index contributed by atoms with van der Waals surface area (Å²) in [5.74, 6) is -0.487. The number of halogens is 2. The molecule has 1 aliphatic rings. The minimum absolute atomic E-state index is 0. The Morgan fingerprint density at radius 2 is 2.11 bits per heavy atom. The molecular formula is C12H18ClFN2O2S. The monoisotopic (exact) mass is 308 g/mol. The standard InChI is InChI=1S/C12H17FN2O2S.ClH/c1-9-3-4-11(7-12(9)13)18(16,17)15-6-5-14-10(2)8-15;/h3-4,7,10,14H,5-6,8H2,1-2H3;1H/t10-;/m1./s1. The third-order valence-electron chi connectivity index (χ3n) is 3.11. The highest BCUT2D eigenvalue weighted by Crippen LogP contribution is 2.19. The Morgan fingerprint density at radius 1 is 1.42 bits per heavy atom. The van der Waals surface area contributed by atoms with Gasteiger partial charge in [0.2, 0.25) is 10.0 Å². The van der Waals surface area contributed by atoms with Gasteiger partial charge in [0.05, 0.1) is 4.90 Å². The Bertz CT molecular complexity index is 551. The Hall–Kier alpha value is -0.690. The lowest BCUT2D eigenvalue weighted by molar-refractivity contribution is 0.310. The lowest BCUT2D eigenvalue weighted by Gasteiger charge is -2.31. The molecule has 1 aliphatic heterocycles. The quantitative estimate of drug-likeness (QED) is 0.901. The summed E-state index contributed by atoms with van der Waals surface area (Å²) in [5, 5.41) is 3.18. The lowest BCUT2D eigenvalue weighted by Crippen LogP contribution is -2.51. The second-order valence-electron chi connectivity index (χ2n) is 4.63. The summed E-state index contributed by atoms with van der Waals surface area (Å²) >= 11 is 0. The van der Waals surface area contributed by atoms with Crippen molar-refractivity contribution in [2.24, 2.45) is 0 Å². The van der Waals surface area contributed by atoms with Gasteiger partial charge in [-0.15, -0.1) is 12.4 Å². The summed E-state index contributed by atoms with van der Waals surface area (Å²) in [4.78, 5) is 0.0275. The largest absolute Gasteiger partial charge is 0.312 e. The van der Waals surface area contributed by atoms with Crippen molar-refractivity contribution in [2.45, 2.75) is 24.8 Å². The van der Waals surface area contributed by atoms with Crippen molar-refractivity contribution >= 4 is 22.4 Å². The summed E-state index contributed by atoms with van der Waals surface area (Å²) in [6, 6.07) is 4.16. The van der Waals surface area contributed by atoms with E-state index in [9.17, 15) is 12.8 Å². The highest BCUT2D eigenvalue weighted by molar-refractivity contribution is 7.89. The zero-order valence-corrected chi connectivity index (χ0v) is 12.5. The highest BCUT2D eigenvalue weighted by Gasteiger charge is 2.28. The van der Waals surface area contributed by atoms with Gasteiger partial charge in [-0.2, -0.15) is 4.31 Å². The van der Waals surface area contributed by atoms with E-state index in [1.54, 1.807) is 6.92 Å². The molecule has 2 rings (SSSR count). The van der Waals surface area contributed by atoms with Crippen molar-refractivity contribution in [1.29, 1.82) is 0 Å². The molecule has 0 aliphatic carbocycles. The summed E-state index contributed by atoms with van der Waals surface area (Å²) < 4.78 is 39.5. The first-order valence-corrected chi connectivity index (χ1v) is 7.35. The molecule has 1 fully saturated rings. The number of rotatable bonds is 2. The Labute approximate surface area is 119 Å². The second kappa shape index (κ2) is 6.17. The van der Waals surface area contributed by atoms with Gasteiger partial charge < -0.3 is 5.32 Å². The van der Waals surface area contributed by atoms with Gasteiger partial charge in [0.25, 0.3) is 0 Å². The fourth-order valence-corrected chi connectivity index (χ4v) is 3.54. The topological polar surface area (TPSA) is 49.4 Å². The molecule has 1 heterocycles. The number of sulfonamides is 1. The first kappa shape index (κ1) is 16.4. The van der Waals surface area contributed by atoms with Crippen LogP contribution in [0.3, 0.4) is 0 Å². The van der Waals surface area contributed by atoms with Crippen LogP contribution in [0.2, 0.25) is 0 Å². The SMILES string of the molecule is Cc1ccc(S(=O)(=O)N2CCN[C@H](C)C2)cc1F.Cl. The van der Waals surface area contributed by atoms with E-state index >= 15 is 0 Å². The third-order valence-corrected chi connectivity index (χ3v) is 4.97. The third kappa shape index (κ3) is 3.45. The van der Waals surface area contributed by atoms with E-state index in [1.807, 2.05) is 6.92 Å². The molecule has 19 heavy (non-hydrogen) atoms. The summed E-state index contributed by atoms with van der Waals surface area (Å²) in [5.41, 5.74) is 0.447. The minimum atomic E-state index is -3.58. The number of benzene rings is 1. The zero-order chi connectivity index (χ0) is 13.3. The molecule has 0 spiro atoms. The van der Waals surface area contributed by atoms with E-state index in [0.717, 1.165) is 6.07 Å². The Kier molecular flexibility index (Phi) is 5.32. The van der Waals surface area contributed by atoms with Crippen LogP contribution in [0.15, 0.2) is 23.1 Å². The Balaban J connectivity index is 0.00000180. The van der Waals surface area contributed by atoms with Crippen LogP contribution in [0.5, 0.6) is 0 Å². The lowest BCUT2D eigenvalue weighted by atomic mass is 10.2. The normalized spacial score (nSPS) is 20.9. The van der Waals surface area contributed by atoms with Crippen molar-refractivity contribution in [3.05, 3.63) is 29.6 Å². The van der Waals surface area contributed by atoms with Crippen LogP contribution in [0, 0.1) is 12.7 Å². The molecule has 1 aromatic carbocycles. The van der Waals surface area contributed by atoms with Crippen molar-refractivity contribution in [3.63, 3.8) is 0 Å². The molecule has 0 bridgehead atoms. The second-order valence-corrected chi connectivity index (χ2v) is 6.57. The molecule has 7 heteroatoms. The molecule has 108 valence electrons. The number of piperazine rings is 1. The number of hydrogen-bond acceptors (Lipinski definition) is 3. The van der Waals surface area contributed by atoms with Crippen LogP contribution < -0.4 is 5.32 Å². The van der Waals surface area contributed by atoms with Crippen LogP contribution >= 0.6 is 12.4 Å². The van der Waals surface area contributed by atoms with E-state index in [0.29, 0.717) is 25.2 Å². The first-order chi connectivity index (χ1) is 8.41. The summed E-state index contributed by atoms with van der Waals surface area (Å²) in [7, 11) is -3.58. The minimum Gasteiger partial charge on any atom is -0.312 e. The van der Waals surface area contributed by atoms with Crippen LogP contribution in [0.4, 0.5) is 4.39 Å². The predicted octanol–water partition coefficient (Wildman–Crippen LogP) is 1.54. The molecule has 1 aromatic rings. The molecule has 1 N–H and O–H groups in total. The van der Waals surface area contributed by atoms with Gasteiger partial charge in [-0.3, -0.25) is 0 Å². The van der Waals surface area contributed by atoms with Crippen molar-refractivity contribution in [2.75, 3.05) is 19.6 Å². The number of hydrogen-bond donors (Lipinski definition) is 1. The smallest absolute Gasteiger partial charge is 0.243 e. The van der Waals surface area contributed by atoms with Gasteiger partial charge in [-0.25, -0.2) is 12.8 Å². The molecule has 0 aromatic heterocycles. The molecule has 1 atom stereocenters. The van der Waals surface area contributed by atoms with E-state index in [2.05, 4.69) is 5.32 Å². The van der Waals surface area contributed by atoms with Crippen molar-refractivity contribution < 1.29 is 12.8 Å². The fraction of sp³-hybridized carbons (Fsp3) is 0.500. The van der Waals surface area contributed by atoms with Crippen LogP contribution in [-0.2, 0) is 10.0 Å². The van der Waals surface area contributed by atoms with Crippen LogP contribution in [0.25, 0.3) is 0 Å². The maximum atomic E-state index is 13.5. The van der Waals surface area contributed by atoms with E-state index < -0.39 is 15.8 Å². The van der Waals surface area contributed by atoms with Gasteiger partial charge >= 0.3 is 0 Å². The molecule has 4 nitrogen and oxygen atoms in total. The number of nitrogens with zero attached hydrogens (tertiary/aromatic N) is 1. The molecule has 0 radical (unpaired) electrons. The zero-order valence-electron chi connectivity index (χ0n) is 10.9. The van der Waals surface area contributed by atoms with Crippen LogP contribution in [0.1, 0.15) is 12.5 Å². The first-order valence-electron chi connectivity index (χ1n) is 5.91. The highest BCUT2D eigenvalue weighted by atomic mass is 35.5. The van der Waals surface area contributed by atoms with Gasteiger partial charge in [-0.1, -0.05) is 6.07 Å². The molecular weight excluding hydrogens is 291 g/mol. The molecule has 0 amide bonds. The van der Waals surface area contributed by atoms with Crippen LogP contribution in [-0.4, -0.2) is 38.4 Å². The Morgan fingerprint density at radius 3 is 2.68 bits per heavy atom. The molecule has 0 saturated carbocycles. The predicted molar refractivity (Wildman–Crippen MR) is 74.6 cm³/mol. The van der Waals surface area contributed by atoms with Crippen molar-refractivity contribution in [1.82, 2.24) is 9.62 Å². The average molecular weight is 309 g/mol. The van der Waals surface area contributed by atoms with E-state index in [-0.39, 0.29) is 23.3 Å². The number of aryl methyl sites for hydroxylation is 1. The average Bonchev–Trinajstić information content (AvgIpc) is 2.32. The summed E-state index contributed by atoms with van der Waals surface area (Å²) in [6.07, 6.45) is 0. The van der Waals surface area contributed by atoms with E-state index in [1.165, 1.54) is 16.4 Å². The number of nitrogens with one attached hydrogen (secondary N) is 1. The van der Waals surface area contributed by atoms with Crippen molar-refractivity contribution in [3.8, 4) is 0 Å². The van der Waals surface area contributed by atoms with Gasteiger partial charge in [0.1, 0.15) is 5.82 Å². The van der Waals surface area contributed by atoms with Gasteiger partial charge in [0, 0.05) is 25.7 Å².